The van der Waals surface area contributed by atoms with Gasteiger partial charge in [-0.25, -0.2) is 4.39 Å². The monoisotopic (exact) mass is 408 g/mol. The largest absolute Gasteiger partial charge is 0.393 e. The molecule has 1 aliphatic carbocycles. The van der Waals surface area contributed by atoms with Crippen molar-refractivity contribution in [1.29, 1.82) is 0 Å². The predicted molar refractivity (Wildman–Crippen MR) is 109 cm³/mol. The van der Waals surface area contributed by atoms with E-state index in [0.29, 0.717) is 38.0 Å². The number of fused-ring (bicyclic) bond motifs is 1. The van der Waals surface area contributed by atoms with Gasteiger partial charge in [-0.3, -0.25) is 9.59 Å². The summed E-state index contributed by atoms with van der Waals surface area (Å²) in [5.41, 5.74) is 1.40. The predicted octanol–water partition coefficient (Wildman–Crippen LogP) is 2.87. The lowest BCUT2D eigenvalue weighted by Gasteiger charge is -2.35. The Morgan fingerprint density at radius 2 is 1.73 bits per heavy atom. The first kappa shape index (κ1) is 19.2. The van der Waals surface area contributed by atoms with Crippen LogP contribution in [-0.4, -0.2) is 52.5 Å². The van der Waals surface area contributed by atoms with Crippen molar-refractivity contribution in [2.24, 2.45) is 17.8 Å². The Hall–Kier alpha value is -2.73. The number of carbonyl (C=O) groups is 2. The maximum atomic E-state index is 14.0. The van der Waals surface area contributed by atoms with E-state index in [1.165, 1.54) is 12.1 Å². The Balaban J connectivity index is 1.42. The van der Waals surface area contributed by atoms with Crippen LogP contribution in [0.1, 0.15) is 34.8 Å². The molecule has 2 aliphatic heterocycles. The van der Waals surface area contributed by atoms with Crippen molar-refractivity contribution in [1.82, 2.24) is 9.80 Å². The number of aliphatic hydroxyl groups is 1. The molecule has 2 saturated heterocycles. The number of nitrogens with zero attached hydrogens (tertiary/aromatic N) is 2. The van der Waals surface area contributed by atoms with Gasteiger partial charge in [-0.15, -0.1) is 0 Å². The molecule has 30 heavy (non-hydrogen) atoms. The summed E-state index contributed by atoms with van der Waals surface area (Å²) in [6.07, 6.45) is 0.716. The van der Waals surface area contributed by atoms with Crippen molar-refractivity contribution in [3.8, 4) is 0 Å². The molecule has 0 bridgehead atoms. The van der Waals surface area contributed by atoms with Crippen LogP contribution in [0.4, 0.5) is 4.39 Å². The van der Waals surface area contributed by atoms with Gasteiger partial charge in [0, 0.05) is 43.0 Å². The van der Waals surface area contributed by atoms with Gasteiger partial charge in [0.05, 0.1) is 12.1 Å². The highest BCUT2D eigenvalue weighted by atomic mass is 19.1. The topological polar surface area (TPSA) is 60.9 Å². The summed E-state index contributed by atoms with van der Waals surface area (Å²) < 4.78 is 14.0. The first-order chi connectivity index (χ1) is 14.5. The van der Waals surface area contributed by atoms with Gasteiger partial charge in [0.2, 0.25) is 5.91 Å². The average Bonchev–Trinajstić information content (AvgIpc) is 3.29. The number of likely N-dealkylation sites (tertiary alicyclic amines) is 2. The minimum Gasteiger partial charge on any atom is -0.393 e. The number of halogens is 1. The lowest BCUT2D eigenvalue weighted by molar-refractivity contribution is -0.141. The summed E-state index contributed by atoms with van der Waals surface area (Å²) in [6.45, 7) is 1.73. The van der Waals surface area contributed by atoms with Crippen LogP contribution in [0.3, 0.4) is 0 Å². The van der Waals surface area contributed by atoms with Crippen molar-refractivity contribution in [2.75, 3.05) is 19.6 Å². The summed E-state index contributed by atoms with van der Waals surface area (Å²) in [4.78, 5) is 29.8. The molecule has 0 spiro atoms. The first-order valence-electron chi connectivity index (χ1n) is 10.6. The molecule has 0 radical (unpaired) electrons. The molecule has 2 aromatic rings. The molecule has 6 heteroatoms. The molecule has 5 rings (SSSR count). The molecule has 0 unspecified atom stereocenters. The van der Waals surface area contributed by atoms with Gasteiger partial charge in [-0.05, 0) is 42.7 Å². The van der Waals surface area contributed by atoms with Crippen molar-refractivity contribution < 1.29 is 19.1 Å². The van der Waals surface area contributed by atoms with Crippen LogP contribution >= 0.6 is 0 Å². The Kier molecular flexibility index (Phi) is 4.82. The van der Waals surface area contributed by atoms with E-state index in [0.717, 1.165) is 5.56 Å². The number of hydrogen-bond acceptors (Lipinski definition) is 3. The molecule has 1 N–H and O–H groups in total. The number of carbonyl (C=O) groups excluding carboxylic acids is 2. The van der Waals surface area contributed by atoms with Crippen LogP contribution in [0.25, 0.3) is 0 Å². The molecule has 3 aliphatic rings. The third kappa shape index (κ3) is 3.29. The maximum Gasteiger partial charge on any atom is 0.254 e. The number of amides is 2. The molecule has 156 valence electrons. The summed E-state index contributed by atoms with van der Waals surface area (Å²) in [6, 6.07) is 15.4. The van der Waals surface area contributed by atoms with Crippen LogP contribution in [0.2, 0.25) is 0 Å². The molecule has 3 fully saturated rings. The molecular weight excluding hydrogens is 383 g/mol. The molecule has 2 heterocycles. The zero-order chi connectivity index (χ0) is 20.8. The SMILES string of the molecule is O=C(C1CC(O)C1)N1C[C@H]2CN(C(=O)c3ccccc3)[C@H](c3cccc(F)c3)[C@H]2C1. The Bertz CT molecular complexity index is 960. The van der Waals surface area contributed by atoms with E-state index in [-0.39, 0.29) is 47.5 Å². The standard InChI is InChI=1S/C24H25FN2O3/c25-19-8-4-7-16(9-19)22-21-14-26(23(29)17-10-20(28)11-17)12-18(21)13-27(22)24(30)15-5-2-1-3-6-15/h1-9,17-18,20-22,28H,10-14H2/t17?,18-,20?,21-,22+/m0/s1. The second kappa shape index (κ2) is 7.51. The summed E-state index contributed by atoms with van der Waals surface area (Å²) in [7, 11) is 0. The minimum absolute atomic E-state index is 0.0562. The van der Waals surface area contributed by atoms with Gasteiger partial charge in [-0.2, -0.15) is 0 Å². The van der Waals surface area contributed by atoms with Crippen molar-refractivity contribution >= 4 is 11.8 Å². The number of hydrogen-bond donors (Lipinski definition) is 1. The normalized spacial score (nSPS) is 30.1. The highest BCUT2D eigenvalue weighted by Gasteiger charge is 2.51. The number of aliphatic hydroxyl groups excluding tert-OH is 1. The first-order valence-corrected chi connectivity index (χ1v) is 10.6. The highest BCUT2D eigenvalue weighted by Crippen LogP contribution is 2.46. The second-order valence-electron chi connectivity index (χ2n) is 8.81. The Morgan fingerprint density at radius 1 is 0.967 bits per heavy atom. The van der Waals surface area contributed by atoms with E-state index in [9.17, 15) is 19.1 Å². The molecule has 1 saturated carbocycles. The Labute approximate surface area is 175 Å². The quantitative estimate of drug-likeness (QED) is 0.850. The number of benzene rings is 2. The Morgan fingerprint density at radius 3 is 2.43 bits per heavy atom. The van der Waals surface area contributed by atoms with Crippen molar-refractivity contribution in [3.05, 3.63) is 71.5 Å². The average molecular weight is 408 g/mol. The van der Waals surface area contributed by atoms with Crippen LogP contribution in [0, 0.1) is 23.6 Å². The fourth-order valence-corrected chi connectivity index (χ4v) is 5.35. The van der Waals surface area contributed by atoms with Gasteiger partial charge >= 0.3 is 0 Å². The molecule has 5 nitrogen and oxygen atoms in total. The lowest BCUT2D eigenvalue weighted by Crippen LogP contribution is -2.44. The molecule has 2 aromatic carbocycles. The van der Waals surface area contributed by atoms with E-state index in [1.807, 2.05) is 34.1 Å². The molecular formula is C24H25FN2O3. The van der Waals surface area contributed by atoms with E-state index in [2.05, 4.69) is 0 Å². The number of rotatable bonds is 3. The smallest absolute Gasteiger partial charge is 0.254 e. The van der Waals surface area contributed by atoms with Gasteiger partial charge in [0.1, 0.15) is 5.82 Å². The summed E-state index contributed by atoms with van der Waals surface area (Å²) in [5, 5.41) is 9.54. The fraction of sp³-hybridized carbons (Fsp3) is 0.417. The highest BCUT2D eigenvalue weighted by molar-refractivity contribution is 5.94. The van der Waals surface area contributed by atoms with Gasteiger partial charge in [0.15, 0.2) is 0 Å². The molecule has 2 amide bonds. The van der Waals surface area contributed by atoms with Gasteiger partial charge in [-0.1, -0.05) is 30.3 Å². The van der Waals surface area contributed by atoms with Crippen molar-refractivity contribution in [2.45, 2.75) is 25.0 Å². The van der Waals surface area contributed by atoms with E-state index >= 15 is 0 Å². The van der Waals surface area contributed by atoms with Crippen LogP contribution < -0.4 is 0 Å². The summed E-state index contributed by atoms with van der Waals surface area (Å²) in [5.74, 6) is -0.118. The van der Waals surface area contributed by atoms with E-state index in [4.69, 9.17) is 0 Å². The van der Waals surface area contributed by atoms with Crippen molar-refractivity contribution in [3.63, 3.8) is 0 Å². The molecule has 0 aromatic heterocycles. The van der Waals surface area contributed by atoms with Crippen LogP contribution in [0.15, 0.2) is 54.6 Å². The molecule has 3 atom stereocenters. The maximum absolute atomic E-state index is 14.0. The van der Waals surface area contributed by atoms with Gasteiger partial charge in [0.25, 0.3) is 5.91 Å². The zero-order valence-corrected chi connectivity index (χ0v) is 16.7. The lowest BCUT2D eigenvalue weighted by atomic mass is 9.81. The van der Waals surface area contributed by atoms with E-state index < -0.39 is 0 Å². The van der Waals surface area contributed by atoms with E-state index in [1.54, 1.807) is 18.2 Å². The third-order valence-corrected chi connectivity index (χ3v) is 6.91. The summed E-state index contributed by atoms with van der Waals surface area (Å²) >= 11 is 0. The zero-order valence-electron chi connectivity index (χ0n) is 16.7. The second-order valence-corrected chi connectivity index (χ2v) is 8.81. The van der Waals surface area contributed by atoms with Gasteiger partial charge < -0.3 is 14.9 Å². The minimum atomic E-state index is -0.361. The van der Waals surface area contributed by atoms with Crippen LogP contribution in [-0.2, 0) is 4.79 Å². The van der Waals surface area contributed by atoms with Crippen LogP contribution in [0.5, 0.6) is 0 Å². The third-order valence-electron chi connectivity index (χ3n) is 6.91. The fourth-order valence-electron chi connectivity index (χ4n) is 5.35.